The summed E-state index contributed by atoms with van der Waals surface area (Å²) in [5, 5.41) is 32.3. The molecule has 4 atom stereocenters. The molecule has 2 aliphatic heterocycles. The molecule has 2 aromatic heterocycles. The number of phenolic OH excluding ortho intramolecular Hbond substituents is 1. The van der Waals surface area contributed by atoms with Gasteiger partial charge in [0.2, 0.25) is 0 Å². The van der Waals surface area contributed by atoms with Crippen LogP contribution < -0.4 is 0 Å². The van der Waals surface area contributed by atoms with Gasteiger partial charge < -0.3 is 29.4 Å². The predicted molar refractivity (Wildman–Crippen MR) is 108 cm³/mol. The highest BCUT2D eigenvalue weighted by Gasteiger charge is 2.45. The van der Waals surface area contributed by atoms with Crippen molar-refractivity contribution in [2.75, 3.05) is 7.11 Å². The van der Waals surface area contributed by atoms with Gasteiger partial charge in [-0.3, -0.25) is 0 Å². The van der Waals surface area contributed by atoms with Crippen LogP contribution in [0.3, 0.4) is 0 Å². The zero-order chi connectivity index (χ0) is 22.0. The molecule has 160 valence electrons. The van der Waals surface area contributed by atoms with Crippen LogP contribution in [-0.2, 0) is 20.7 Å². The smallest absolute Gasteiger partial charge is 0.354 e. The third-order valence-corrected chi connectivity index (χ3v) is 6.31. The number of hydrogen-bond acceptors (Lipinski definition) is 7. The molecule has 5 rings (SSSR count). The summed E-state index contributed by atoms with van der Waals surface area (Å²) in [5.74, 6) is -2.74. The average Bonchev–Trinajstić information content (AvgIpc) is 2.99. The molecule has 0 aliphatic carbocycles. The number of carboxylic acid groups (broad SMARTS) is 1. The van der Waals surface area contributed by atoms with E-state index in [-0.39, 0.29) is 23.4 Å². The zero-order valence-electron chi connectivity index (χ0n) is 16.8. The number of benzene rings is 1. The number of aromatic carboxylic acids is 1. The second-order valence-corrected chi connectivity index (χ2v) is 7.93. The lowest BCUT2D eigenvalue weighted by Gasteiger charge is -2.37. The molecule has 0 spiro atoms. The van der Waals surface area contributed by atoms with Crippen molar-refractivity contribution in [3.63, 3.8) is 0 Å². The fourth-order valence-corrected chi connectivity index (χ4v) is 4.95. The minimum absolute atomic E-state index is 0.0245. The van der Waals surface area contributed by atoms with Gasteiger partial charge in [-0.05, 0) is 37.6 Å². The van der Waals surface area contributed by atoms with E-state index in [4.69, 9.17) is 9.47 Å². The van der Waals surface area contributed by atoms with Gasteiger partial charge in [-0.2, -0.15) is 0 Å². The number of methoxy groups -OCH3 is 1. The van der Waals surface area contributed by atoms with E-state index < -0.39 is 36.1 Å². The van der Waals surface area contributed by atoms with E-state index in [1.54, 1.807) is 10.6 Å². The molecule has 9 nitrogen and oxygen atoms in total. The van der Waals surface area contributed by atoms with Crippen molar-refractivity contribution in [3.05, 3.63) is 47.5 Å². The summed E-state index contributed by atoms with van der Waals surface area (Å²) in [7, 11) is 1.27. The molecule has 4 heterocycles. The van der Waals surface area contributed by atoms with Crippen LogP contribution in [0.15, 0.2) is 36.1 Å². The van der Waals surface area contributed by atoms with E-state index in [1.807, 2.05) is 6.92 Å². The number of carbonyl (C=O) groups excluding carboxylic acids is 1. The molecular weight excluding hydrogens is 404 g/mol. The number of ether oxygens (including phenoxy) is 2. The van der Waals surface area contributed by atoms with Gasteiger partial charge in [0.25, 0.3) is 0 Å². The highest BCUT2D eigenvalue weighted by Crippen LogP contribution is 2.46. The molecule has 1 aromatic carbocycles. The van der Waals surface area contributed by atoms with E-state index in [0.29, 0.717) is 27.5 Å². The lowest BCUT2D eigenvalue weighted by Crippen LogP contribution is -2.40. The van der Waals surface area contributed by atoms with Crippen LogP contribution >= 0.6 is 0 Å². The molecule has 3 N–H and O–H groups in total. The standard InChI is InChI=1S/C22H20N2O7/c1-9-18-12(14(8-31-9)22(29)30-2)6-15-19-13(7-16(23-15)21(27)28)11-5-10(25)3-4-17(11)24(19)20(18)26/h3-5,7-9,12,18,20,25-26H,6H2,1-2H3,(H,27,28). The first-order valence-electron chi connectivity index (χ1n) is 9.83. The molecule has 0 radical (unpaired) electrons. The fourth-order valence-electron chi connectivity index (χ4n) is 4.95. The van der Waals surface area contributed by atoms with Crippen LogP contribution in [0.25, 0.3) is 21.8 Å². The van der Waals surface area contributed by atoms with Gasteiger partial charge in [-0.15, -0.1) is 0 Å². The van der Waals surface area contributed by atoms with E-state index >= 15 is 0 Å². The van der Waals surface area contributed by atoms with Crippen LogP contribution in [0.1, 0.15) is 29.3 Å². The Morgan fingerprint density at radius 1 is 1.26 bits per heavy atom. The molecule has 0 saturated heterocycles. The number of fused-ring (bicyclic) bond motifs is 4. The lowest BCUT2D eigenvalue weighted by atomic mass is 9.77. The molecule has 0 bridgehead atoms. The number of carbonyl (C=O) groups is 2. The number of aromatic nitrogens is 2. The summed E-state index contributed by atoms with van der Waals surface area (Å²) in [6.07, 6.45) is 0.0679. The summed E-state index contributed by atoms with van der Waals surface area (Å²) in [6.45, 7) is 1.81. The largest absolute Gasteiger partial charge is 0.508 e. The Bertz CT molecular complexity index is 1290. The molecule has 0 saturated carbocycles. The normalized spacial score (nSPS) is 24.8. The summed E-state index contributed by atoms with van der Waals surface area (Å²) in [4.78, 5) is 28.6. The molecule has 3 aromatic rings. The number of esters is 1. The second kappa shape index (κ2) is 6.71. The summed E-state index contributed by atoms with van der Waals surface area (Å²) < 4.78 is 12.3. The van der Waals surface area contributed by atoms with Crippen LogP contribution in [0.5, 0.6) is 5.75 Å². The molecule has 0 fully saturated rings. The number of hydrogen-bond donors (Lipinski definition) is 3. The average molecular weight is 424 g/mol. The number of aromatic hydroxyl groups is 1. The molecule has 2 aliphatic rings. The quantitative estimate of drug-likeness (QED) is 0.534. The molecular formula is C22H20N2O7. The number of aliphatic hydroxyl groups is 1. The van der Waals surface area contributed by atoms with Gasteiger partial charge in [0, 0.05) is 22.6 Å². The van der Waals surface area contributed by atoms with Crippen molar-refractivity contribution in [1.29, 1.82) is 0 Å². The summed E-state index contributed by atoms with van der Waals surface area (Å²) in [5.41, 5.74) is 1.76. The Hall–Kier alpha value is -3.59. The number of pyridine rings is 1. The van der Waals surface area contributed by atoms with Crippen molar-refractivity contribution < 1.29 is 34.4 Å². The Morgan fingerprint density at radius 2 is 2.03 bits per heavy atom. The van der Waals surface area contributed by atoms with E-state index in [2.05, 4.69) is 4.98 Å². The van der Waals surface area contributed by atoms with Crippen molar-refractivity contribution in [2.45, 2.75) is 25.7 Å². The maximum Gasteiger partial charge on any atom is 0.354 e. The minimum Gasteiger partial charge on any atom is -0.508 e. The fraction of sp³-hybridized carbons (Fsp3) is 0.318. The molecule has 4 unspecified atom stereocenters. The Balaban J connectivity index is 1.86. The van der Waals surface area contributed by atoms with Crippen LogP contribution in [-0.4, -0.2) is 50.0 Å². The zero-order valence-corrected chi connectivity index (χ0v) is 16.8. The number of aliphatic hydroxyl groups excluding tert-OH is 1. The van der Waals surface area contributed by atoms with Crippen molar-refractivity contribution >= 4 is 33.7 Å². The maximum absolute atomic E-state index is 12.4. The molecule has 9 heteroatoms. The monoisotopic (exact) mass is 424 g/mol. The number of carboxylic acids is 1. The van der Waals surface area contributed by atoms with Crippen LogP contribution in [0.4, 0.5) is 0 Å². The number of phenols is 1. The van der Waals surface area contributed by atoms with Gasteiger partial charge in [-0.25, -0.2) is 14.6 Å². The van der Waals surface area contributed by atoms with E-state index in [9.17, 15) is 24.9 Å². The Labute approximate surface area is 176 Å². The van der Waals surface area contributed by atoms with E-state index in [1.165, 1.54) is 31.6 Å². The van der Waals surface area contributed by atoms with Gasteiger partial charge >= 0.3 is 11.9 Å². The summed E-state index contributed by atoms with van der Waals surface area (Å²) in [6, 6.07) is 6.16. The number of nitrogens with zero attached hydrogens (tertiary/aromatic N) is 2. The van der Waals surface area contributed by atoms with Crippen molar-refractivity contribution in [3.8, 4) is 5.75 Å². The Morgan fingerprint density at radius 3 is 2.74 bits per heavy atom. The SMILES string of the molecule is COC(=O)C1=COC(C)C2C1Cc1nc(C(=O)O)cc3c4cc(O)ccc4n(c13)C2O. The molecule has 0 amide bonds. The second-order valence-electron chi connectivity index (χ2n) is 7.93. The Kier molecular flexibility index (Phi) is 4.19. The van der Waals surface area contributed by atoms with Crippen molar-refractivity contribution in [2.24, 2.45) is 11.8 Å². The first-order valence-corrected chi connectivity index (χ1v) is 9.83. The third-order valence-electron chi connectivity index (χ3n) is 6.31. The number of rotatable bonds is 2. The maximum atomic E-state index is 12.4. The van der Waals surface area contributed by atoms with Gasteiger partial charge in [0.15, 0.2) is 0 Å². The van der Waals surface area contributed by atoms with Crippen LogP contribution in [0.2, 0.25) is 0 Å². The topological polar surface area (TPSA) is 131 Å². The lowest BCUT2D eigenvalue weighted by molar-refractivity contribution is -0.139. The predicted octanol–water partition coefficient (Wildman–Crippen LogP) is 2.35. The van der Waals surface area contributed by atoms with Crippen LogP contribution in [0, 0.1) is 11.8 Å². The first kappa shape index (κ1) is 19.4. The first-order chi connectivity index (χ1) is 14.8. The van der Waals surface area contributed by atoms with Gasteiger partial charge in [-0.1, -0.05) is 0 Å². The van der Waals surface area contributed by atoms with Gasteiger partial charge in [0.1, 0.15) is 23.8 Å². The van der Waals surface area contributed by atoms with Crippen molar-refractivity contribution in [1.82, 2.24) is 9.55 Å². The molecule has 31 heavy (non-hydrogen) atoms. The van der Waals surface area contributed by atoms with E-state index in [0.717, 1.165) is 0 Å². The highest BCUT2D eigenvalue weighted by atomic mass is 16.5. The minimum atomic E-state index is -1.19. The summed E-state index contributed by atoms with van der Waals surface area (Å²) >= 11 is 0. The highest BCUT2D eigenvalue weighted by molar-refractivity contribution is 6.11. The third kappa shape index (κ3) is 2.70. The van der Waals surface area contributed by atoms with Gasteiger partial charge in [0.05, 0.1) is 35.7 Å².